The van der Waals surface area contributed by atoms with E-state index in [-0.39, 0.29) is 0 Å². The van der Waals surface area contributed by atoms with E-state index in [9.17, 15) is 0 Å². The zero-order chi connectivity index (χ0) is 34.7. The maximum absolute atomic E-state index is 4.72. The maximum Gasteiger partial charge on any atom is -0.00953 e. The van der Waals surface area contributed by atoms with Gasteiger partial charge in [-0.05, 0) is 140 Å². The number of thiol groups is 1. The predicted octanol–water partition coefficient (Wildman–Crippen LogP) is 16.1. The third kappa shape index (κ3) is 13.2. The van der Waals surface area contributed by atoms with E-state index in [2.05, 4.69) is 0 Å². The first-order chi connectivity index (χ1) is 25.2. The van der Waals surface area contributed by atoms with Crippen molar-refractivity contribution in [3.63, 3.8) is 0 Å². The Morgan fingerprint density at radius 1 is 0.333 bits per heavy atom. The van der Waals surface area contributed by atoms with Crippen LogP contribution in [0.4, 0.5) is 0 Å². The second-order valence-corrected chi connectivity index (χ2v) is 21.8. The first kappa shape index (κ1) is 39.6. The van der Waals surface area contributed by atoms with Crippen LogP contribution in [0.15, 0.2) is 0 Å². The molecule has 8 unspecified atom stereocenters. The van der Waals surface area contributed by atoms with Gasteiger partial charge in [-0.1, -0.05) is 173 Å². The van der Waals surface area contributed by atoms with Crippen molar-refractivity contribution >= 4 is 12.6 Å². The van der Waals surface area contributed by atoms with Crippen LogP contribution in [0.2, 0.25) is 0 Å². The van der Waals surface area contributed by atoms with E-state index in [4.69, 9.17) is 12.6 Å². The Balaban J connectivity index is 0.934. The summed E-state index contributed by atoms with van der Waals surface area (Å²) in [6.07, 6.45) is 56.2. The summed E-state index contributed by atoms with van der Waals surface area (Å²) in [7, 11) is 0. The molecule has 0 nitrogen and oxygen atoms in total. The van der Waals surface area contributed by atoms with Crippen LogP contribution in [0.25, 0.3) is 0 Å². The lowest BCUT2D eigenvalue weighted by atomic mass is 9.74. The van der Waals surface area contributed by atoms with Gasteiger partial charge in [-0.3, -0.25) is 0 Å². The lowest BCUT2D eigenvalue weighted by Crippen LogP contribution is -2.20. The molecule has 7 fully saturated rings. The molecule has 0 bridgehead atoms. The van der Waals surface area contributed by atoms with Gasteiger partial charge >= 0.3 is 0 Å². The van der Waals surface area contributed by atoms with Crippen molar-refractivity contribution < 1.29 is 0 Å². The van der Waals surface area contributed by atoms with Crippen molar-refractivity contribution in [2.45, 2.75) is 231 Å². The van der Waals surface area contributed by atoms with Crippen LogP contribution >= 0.6 is 12.6 Å². The van der Waals surface area contributed by atoms with Crippen LogP contribution in [0, 0.1) is 76.9 Å². The molecule has 7 saturated carbocycles. The minimum atomic E-state index is 0.974. The lowest BCUT2D eigenvalue weighted by molar-refractivity contribution is 0.196. The molecule has 0 radical (unpaired) electrons. The van der Waals surface area contributed by atoms with E-state index in [0.717, 1.165) is 82.7 Å². The van der Waals surface area contributed by atoms with Crippen molar-refractivity contribution in [3.8, 4) is 0 Å². The highest BCUT2D eigenvalue weighted by Gasteiger charge is 2.40. The molecule has 7 aliphatic rings. The van der Waals surface area contributed by atoms with E-state index in [1.54, 1.807) is 193 Å². The topological polar surface area (TPSA) is 0 Å². The average Bonchev–Trinajstić information content (AvgIpc) is 4.11. The van der Waals surface area contributed by atoms with E-state index < -0.39 is 0 Å². The lowest BCUT2D eigenvalue weighted by Gasteiger charge is -2.32. The molecule has 0 amide bonds. The molecule has 0 aromatic rings. The van der Waals surface area contributed by atoms with Crippen LogP contribution < -0.4 is 0 Å². The molecular weight excluding hydrogens is 633 g/mol. The monoisotopic (exact) mass is 721 g/mol. The highest BCUT2D eigenvalue weighted by Crippen LogP contribution is 2.51. The average molecular weight is 721 g/mol. The van der Waals surface area contributed by atoms with E-state index >= 15 is 0 Å². The minimum Gasteiger partial charge on any atom is -0.179 e. The maximum atomic E-state index is 4.72. The number of hydrogen-bond donors (Lipinski definition) is 1. The third-order valence-corrected chi connectivity index (χ3v) is 17.6. The molecule has 7 aliphatic carbocycles. The Morgan fingerprint density at radius 2 is 0.725 bits per heavy atom. The fourth-order valence-corrected chi connectivity index (χ4v) is 14.4. The van der Waals surface area contributed by atoms with Crippen molar-refractivity contribution in [1.82, 2.24) is 0 Å². The Bertz CT molecular complexity index is 933. The fraction of sp³-hybridized carbons (Fsp3) is 1.00. The molecule has 294 valence electrons. The Morgan fingerprint density at radius 3 is 1.22 bits per heavy atom. The molecule has 0 N–H and O–H groups in total. The molecule has 7 rings (SSSR count). The van der Waals surface area contributed by atoms with Gasteiger partial charge in [-0.2, -0.15) is 12.6 Å². The largest absolute Gasteiger partial charge is 0.179 e. The summed E-state index contributed by atoms with van der Waals surface area (Å²) in [6.45, 7) is 0. The molecule has 0 heterocycles. The molecule has 0 aromatic carbocycles. The zero-order valence-electron chi connectivity index (χ0n) is 34.1. The van der Waals surface area contributed by atoms with Crippen LogP contribution in [0.3, 0.4) is 0 Å². The molecule has 0 saturated heterocycles. The summed E-state index contributed by atoms with van der Waals surface area (Å²) in [5.41, 5.74) is 0. The highest BCUT2D eigenvalue weighted by atomic mass is 32.1. The van der Waals surface area contributed by atoms with Crippen LogP contribution in [0.1, 0.15) is 231 Å². The number of rotatable bonds is 19. The van der Waals surface area contributed by atoms with Gasteiger partial charge in [0.25, 0.3) is 0 Å². The smallest absolute Gasteiger partial charge is 0.00953 e. The highest BCUT2D eigenvalue weighted by molar-refractivity contribution is 7.80. The normalized spacial score (nSPS) is 33.4. The fourth-order valence-electron chi connectivity index (χ4n) is 14.0. The Labute approximate surface area is 325 Å². The summed E-state index contributed by atoms with van der Waals surface area (Å²) in [5, 5.41) is 0. The first-order valence-electron chi connectivity index (χ1n) is 24.8. The minimum absolute atomic E-state index is 0.974. The second-order valence-electron chi connectivity index (χ2n) is 21.3. The summed E-state index contributed by atoms with van der Waals surface area (Å²) >= 11 is 4.72. The van der Waals surface area contributed by atoms with Gasteiger partial charge in [0, 0.05) is 0 Å². The molecule has 0 spiro atoms. The quantitative estimate of drug-likeness (QED) is 0.126. The SMILES string of the molecule is SCCC(CCCC(CC1CCCCC(CC(C2CCCC2)C2CC2)CCC1)C1CCCCC(CC(C2CCCC2)C2CC2)CCC1)CC1CC1. The van der Waals surface area contributed by atoms with Crippen molar-refractivity contribution in [2.75, 3.05) is 5.75 Å². The standard InChI is InChI=1S/C50H88S/c51-33-32-41(34-42-26-27-42)18-11-25-48(43-19-4-3-14-40(17-10-24-43)37-50(47-30-31-47)45-22-7-8-23-45)35-38-12-1-2-13-39(16-9-15-38)36-49(46-28-29-46)44-20-5-6-21-44/h38-51H,1-37H2. The summed E-state index contributed by atoms with van der Waals surface area (Å²) < 4.78 is 0. The van der Waals surface area contributed by atoms with E-state index in [0.29, 0.717) is 0 Å². The van der Waals surface area contributed by atoms with Gasteiger partial charge in [0.2, 0.25) is 0 Å². The van der Waals surface area contributed by atoms with Gasteiger partial charge < -0.3 is 0 Å². The van der Waals surface area contributed by atoms with Crippen LogP contribution in [-0.4, -0.2) is 5.75 Å². The summed E-state index contributed by atoms with van der Waals surface area (Å²) in [6, 6.07) is 0. The summed E-state index contributed by atoms with van der Waals surface area (Å²) in [5.74, 6) is 15.1. The Hall–Kier alpha value is 0.350. The molecule has 1 heteroatoms. The van der Waals surface area contributed by atoms with Crippen molar-refractivity contribution in [3.05, 3.63) is 0 Å². The van der Waals surface area contributed by atoms with Crippen molar-refractivity contribution in [2.24, 2.45) is 76.9 Å². The zero-order valence-corrected chi connectivity index (χ0v) is 35.0. The molecule has 51 heavy (non-hydrogen) atoms. The van der Waals surface area contributed by atoms with Gasteiger partial charge in [0.1, 0.15) is 0 Å². The van der Waals surface area contributed by atoms with Crippen molar-refractivity contribution in [1.29, 1.82) is 0 Å². The molecular formula is C50H88S. The van der Waals surface area contributed by atoms with Gasteiger partial charge in [-0.15, -0.1) is 0 Å². The molecule has 0 aliphatic heterocycles. The molecule has 0 aromatic heterocycles. The third-order valence-electron chi connectivity index (χ3n) is 17.4. The molecule has 8 atom stereocenters. The van der Waals surface area contributed by atoms with Crippen LogP contribution in [-0.2, 0) is 0 Å². The predicted molar refractivity (Wildman–Crippen MR) is 225 cm³/mol. The second kappa shape index (κ2) is 21.0. The van der Waals surface area contributed by atoms with Gasteiger partial charge in [0.15, 0.2) is 0 Å². The van der Waals surface area contributed by atoms with Crippen LogP contribution in [0.5, 0.6) is 0 Å². The number of hydrogen-bond acceptors (Lipinski definition) is 1. The Kier molecular flexibility index (Phi) is 16.3. The van der Waals surface area contributed by atoms with E-state index in [1.807, 2.05) is 0 Å². The van der Waals surface area contributed by atoms with Gasteiger partial charge in [0.05, 0.1) is 0 Å². The van der Waals surface area contributed by atoms with Gasteiger partial charge in [-0.25, -0.2) is 0 Å². The first-order valence-corrected chi connectivity index (χ1v) is 25.5. The van der Waals surface area contributed by atoms with E-state index in [1.165, 1.54) is 38.5 Å². The summed E-state index contributed by atoms with van der Waals surface area (Å²) in [4.78, 5) is 0.